The molecule has 3 aromatic rings. The van der Waals surface area contributed by atoms with E-state index < -0.39 is 0 Å². The fourth-order valence-electron chi connectivity index (χ4n) is 3.07. The molecular weight excluding hydrogens is 322 g/mol. The lowest BCUT2D eigenvalue weighted by Crippen LogP contribution is -2.36. The Morgan fingerprint density at radius 2 is 1.83 bits per heavy atom. The van der Waals surface area contributed by atoms with Gasteiger partial charge in [0, 0.05) is 29.7 Å². The highest BCUT2D eigenvalue weighted by Crippen LogP contribution is 2.31. The molecule has 1 saturated heterocycles. The van der Waals surface area contributed by atoms with E-state index in [1.807, 2.05) is 43.3 Å². The van der Waals surface area contributed by atoms with Crippen molar-refractivity contribution < 1.29 is 4.74 Å². The van der Waals surface area contributed by atoms with Crippen LogP contribution in [0, 0.1) is 6.92 Å². The molecule has 0 N–H and O–H groups in total. The Morgan fingerprint density at radius 3 is 2.62 bits per heavy atom. The lowest BCUT2D eigenvalue weighted by Gasteiger charge is -2.29. The summed E-state index contributed by atoms with van der Waals surface area (Å²) < 4.78 is 5.40. The van der Waals surface area contributed by atoms with Gasteiger partial charge < -0.3 is 9.64 Å². The minimum Gasteiger partial charge on any atom is -0.378 e. The van der Waals surface area contributed by atoms with Gasteiger partial charge in [-0.3, -0.25) is 0 Å². The topological polar surface area (TPSA) is 38.2 Å². The molecule has 0 atom stereocenters. The van der Waals surface area contributed by atoms with Crippen molar-refractivity contribution in [2.75, 3.05) is 31.2 Å². The first-order chi connectivity index (χ1) is 11.7. The first-order valence-electron chi connectivity index (χ1n) is 8.08. The van der Waals surface area contributed by atoms with Gasteiger partial charge in [0.1, 0.15) is 0 Å². The lowest BCUT2D eigenvalue weighted by molar-refractivity contribution is 0.122. The Labute approximate surface area is 146 Å². The molecule has 1 aromatic heterocycles. The molecule has 0 saturated carbocycles. The molecule has 1 fully saturated rings. The summed E-state index contributed by atoms with van der Waals surface area (Å²) in [6, 6.07) is 14.1. The third kappa shape index (κ3) is 2.83. The minimum atomic E-state index is 0.710. The van der Waals surface area contributed by atoms with Crippen LogP contribution in [0.15, 0.2) is 42.5 Å². The fourth-order valence-corrected chi connectivity index (χ4v) is 3.37. The van der Waals surface area contributed by atoms with E-state index in [-0.39, 0.29) is 0 Å². The Morgan fingerprint density at radius 1 is 1.04 bits per heavy atom. The van der Waals surface area contributed by atoms with Gasteiger partial charge in [-0.15, -0.1) is 0 Å². The molecule has 4 nitrogen and oxygen atoms in total. The predicted molar refractivity (Wildman–Crippen MR) is 97.8 cm³/mol. The number of anilines is 1. The van der Waals surface area contributed by atoms with Crippen molar-refractivity contribution in [1.82, 2.24) is 9.97 Å². The molecule has 4 rings (SSSR count). The van der Waals surface area contributed by atoms with Crippen LogP contribution in [0.25, 0.3) is 22.3 Å². The molecule has 5 heteroatoms. The number of morpholine rings is 1. The highest BCUT2D eigenvalue weighted by Gasteiger charge is 2.15. The van der Waals surface area contributed by atoms with Crippen molar-refractivity contribution in [3.8, 4) is 11.4 Å². The first kappa shape index (κ1) is 15.4. The van der Waals surface area contributed by atoms with E-state index in [1.165, 1.54) is 0 Å². The van der Waals surface area contributed by atoms with Crippen molar-refractivity contribution in [3.63, 3.8) is 0 Å². The number of hydrogen-bond acceptors (Lipinski definition) is 4. The third-order valence-electron chi connectivity index (χ3n) is 4.35. The maximum Gasteiger partial charge on any atom is 0.160 e. The number of halogens is 1. The summed E-state index contributed by atoms with van der Waals surface area (Å²) in [5.74, 6) is 0.710. The molecule has 122 valence electrons. The number of benzene rings is 2. The van der Waals surface area contributed by atoms with Crippen LogP contribution < -0.4 is 4.90 Å². The van der Waals surface area contributed by atoms with E-state index in [9.17, 15) is 0 Å². The minimum absolute atomic E-state index is 0.710. The van der Waals surface area contributed by atoms with Crippen molar-refractivity contribution >= 4 is 28.2 Å². The number of hydrogen-bond donors (Lipinski definition) is 0. The summed E-state index contributed by atoms with van der Waals surface area (Å²) in [5, 5.41) is 1.81. The molecular formula is C19H18ClN3O. The van der Waals surface area contributed by atoms with Gasteiger partial charge in [-0.25, -0.2) is 9.97 Å². The zero-order valence-corrected chi connectivity index (χ0v) is 14.3. The standard InChI is InChI=1S/C19H18ClN3O/c1-13-15-4-2-3-5-17(15)22-19(21-13)14-6-7-18(16(20)12-14)23-8-10-24-11-9-23/h2-7,12H,8-11H2,1H3. The number of aryl methyl sites for hydroxylation is 1. The van der Waals surface area contributed by atoms with E-state index >= 15 is 0 Å². The summed E-state index contributed by atoms with van der Waals surface area (Å²) in [5.41, 5.74) is 3.91. The average molecular weight is 340 g/mol. The van der Waals surface area contributed by atoms with E-state index in [0.29, 0.717) is 5.82 Å². The van der Waals surface area contributed by atoms with E-state index in [2.05, 4.69) is 20.9 Å². The third-order valence-corrected chi connectivity index (χ3v) is 4.65. The van der Waals surface area contributed by atoms with Gasteiger partial charge >= 0.3 is 0 Å². The van der Waals surface area contributed by atoms with Crippen LogP contribution in [0.5, 0.6) is 0 Å². The van der Waals surface area contributed by atoms with Crippen molar-refractivity contribution in [3.05, 3.63) is 53.2 Å². The number of aromatic nitrogens is 2. The average Bonchev–Trinajstić information content (AvgIpc) is 2.62. The normalized spacial score (nSPS) is 15.0. The van der Waals surface area contributed by atoms with Crippen LogP contribution in [0.4, 0.5) is 5.69 Å². The molecule has 0 amide bonds. The van der Waals surface area contributed by atoms with Crippen LogP contribution in [-0.4, -0.2) is 36.3 Å². The van der Waals surface area contributed by atoms with Crippen LogP contribution >= 0.6 is 11.6 Å². The molecule has 24 heavy (non-hydrogen) atoms. The summed E-state index contributed by atoms with van der Waals surface area (Å²) >= 11 is 6.53. The fraction of sp³-hybridized carbons (Fsp3) is 0.263. The van der Waals surface area contributed by atoms with Crippen molar-refractivity contribution in [2.24, 2.45) is 0 Å². The van der Waals surface area contributed by atoms with Crippen molar-refractivity contribution in [2.45, 2.75) is 6.92 Å². The Kier molecular flexibility index (Phi) is 4.08. The Hall–Kier alpha value is -2.17. The number of para-hydroxylation sites is 1. The Balaban J connectivity index is 1.73. The summed E-state index contributed by atoms with van der Waals surface area (Å²) in [6.45, 7) is 5.22. The maximum atomic E-state index is 6.53. The lowest BCUT2D eigenvalue weighted by atomic mass is 10.1. The summed E-state index contributed by atoms with van der Waals surface area (Å²) in [7, 11) is 0. The van der Waals surface area contributed by atoms with Gasteiger partial charge in [0.05, 0.1) is 29.4 Å². The van der Waals surface area contributed by atoms with Gasteiger partial charge in [-0.1, -0.05) is 29.8 Å². The molecule has 2 heterocycles. The van der Waals surface area contributed by atoms with Crippen LogP contribution in [0.2, 0.25) is 5.02 Å². The second kappa shape index (κ2) is 6.38. The van der Waals surface area contributed by atoms with E-state index in [0.717, 1.165) is 59.2 Å². The molecule has 0 spiro atoms. The van der Waals surface area contributed by atoms with Gasteiger partial charge in [0.15, 0.2) is 5.82 Å². The van der Waals surface area contributed by atoms with E-state index in [1.54, 1.807) is 0 Å². The largest absolute Gasteiger partial charge is 0.378 e. The first-order valence-corrected chi connectivity index (χ1v) is 8.46. The number of fused-ring (bicyclic) bond motifs is 1. The Bertz CT molecular complexity index is 891. The molecule has 0 radical (unpaired) electrons. The zero-order valence-electron chi connectivity index (χ0n) is 13.5. The highest BCUT2D eigenvalue weighted by atomic mass is 35.5. The molecule has 2 aromatic carbocycles. The van der Waals surface area contributed by atoms with Gasteiger partial charge in [-0.2, -0.15) is 0 Å². The zero-order chi connectivity index (χ0) is 16.5. The molecule has 1 aliphatic rings. The predicted octanol–water partition coefficient (Wildman–Crippen LogP) is 4.10. The van der Waals surface area contributed by atoms with Gasteiger partial charge in [0.2, 0.25) is 0 Å². The number of ether oxygens (including phenoxy) is 1. The second-order valence-electron chi connectivity index (χ2n) is 5.92. The van der Waals surface area contributed by atoms with Crippen LogP contribution in [0.1, 0.15) is 5.69 Å². The molecule has 0 unspecified atom stereocenters. The molecule has 0 aliphatic carbocycles. The SMILES string of the molecule is Cc1nc(-c2ccc(N3CCOCC3)c(Cl)c2)nc2ccccc12. The smallest absolute Gasteiger partial charge is 0.160 e. The summed E-state index contributed by atoms with van der Waals surface area (Å²) in [6.07, 6.45) is 0. The second-order valence-corrected chi connectivity index (χ2v) is 6.32. The summed E-state index contributed by atoms with van der Waals surface area (Å²) in [4.78, 5) is 11.6. The van der Waals surface area contributed by atoms with Crippen LogP contribution in [-0.2, 0) is 4.74 Å². The maximum absolute atomic E-state index is 6.53. The molecule has 1 aliphatic heterocycles. The van der Waals surface area contributed by atoms with E-state index in [4.69, 9.17) is 16.3 Å². The number of nitrogens with zero attached hydrogens (tertiary/aromatic N) is 3. The highest BCUT2D eigenvalue weighted by molar-refractivity contribution is 6.33. The van der Waals surface area contributed by atoms with Crippen molar-refractivity contribution in [1.29, 1.82) is 0 Å². The monoisotopic (exact) mass is 339 g/mol. The van der Waals surface area contributed by atoms with Gasteiger partial charge in [-0.05, 0) is 31.2 Å². The van der Waals surface area contributed by atoms with Crippen LogP contribution in [0.3, 0.4) is 0 Å². The number of rotatable bonds is 2. The quantitative estimate of drug-likeness (QED) is 0.704. The van der Waals surface area contributed by atoms with Gasteiger partial charge in [0.25, 0.3) is 0 Å². The molecule has 0 bridgehead atoms.